The van der Waals surface area contributed by atoms with Gasteiger partial charge in [-0.15, -0.1) is 0 Å². The zero-order valence-corrected chi connectivity index (χ0v) is 54.2. The monoisotopic (exact) mass is 1280 g/mol. The number of aromatic nitrogens is 12. The molecule has 8 aromatic carbocycles. The van der Waals surface area contributed by atoms with Crippen molar-refractivity contribution in [3.05, 3.63) is 417 Å². The second-order valence-electron chi connectivity index (χ2n) is 20.4. The second kappa shape index (κ2) is 45.2. The molecule has 0 N–H and O–H groups in total. The van der Waals surface area contributed by atoms with E-state index in [1.807, 2.05) is 134 Å². The first kappa shape index (κ1) is 70.7. The van der Waals surface area contributed by atoms with Crippen molar-refractivity contribution in [2.45, 2.75) is 19.3 Å². The molecule has 0 fully saturated rings. The van der Waals surface area contributed by atoms with Crippen LogP contribution in [0.2, 0.25) is 0 Å². The number of pyridine rings is 3. The molecule has 0 spiro atoms. The lowest BCUT2D eigenvalue weighted by molar-refractivity contribution is 1.05. The van der Waals surface area contributed by atoms with Crippen LogP contribution in [0.3, 0.4) is 0 Å². The van der Waals surface area contributed by atoms with Gasteiger partial charge in [0.1, 0.15) is 31.2 Å². The first-order valence-electron chi connectivity index (χ1n) is 31.7. The maximum Gasteiger partial charge on any atom is 0.178 e. The molecule has 15 aromatic rings. The van der Waals surface area contributed by atoms with Gasteiger partial charge in [-0.2, -0.15) is 0 Å². The summed E-state index contributed by atoms with van der Waals surface area (Å²) in [6.07, 6.45) is 44.7. The average Bonchev–Trinajstić information content (AvgIpc) is 2.29. The van der Waals surface area contributed by atoms with E-state index >= 15 is 0 Å². The van der Waals surface area contributed by atoms with Crippen LogP contribution < -0.4 is 21.4 Å². The number of allylic oxidation sites excluding steroid dienone is 5. The van der Waals surface area contributed by atoms with E-state index in [0.29, 0.717) is 12.3 Å². The van der Waals surface area contributed by atoms with Crippen LogP contribution in [-0.2, 0) is 6.42 Å². The third-order valence-electron chi connectivity index (χ3n) is 13.5. The molecule has 14 heteroatoms. The van der Waals surface area contributed by atoms with Crippen LogP contribution in [-0.4, -0.2) is 66.5 Å². The van der Waals surface area contributed by atoms with Gasteiger partial charge in [-0.1, -0.05) is 261 Å². The third-order valence-corrected chi connectivity index (χ3v) is 13.5. The Morgan fingerprint density at radius 2 is 0.673 bits per heavy atom. The lowest BCUT2D eigenvalue weighted by Crippen LogP contribution is -2.27. The zero-order chi connectivity index (χ0) is 67.5. The van der Waals surface area contributed by atoms with Crippen LogP contribution in [0.4, 0.5) is 0 Å². The molecule has 0 saturated carbocycles. The molecule has 3 aliphatic carbocycles. The SMILES string of the molecule is C1=CCC=C1.C1=Cc2ccccc2C1.C1=c2nccnc2=CC1.c1ccc(-c2ccccc2)cc1.c1ccc2c(c1)=NCN=2.c1ccc2ccccc2c1.c1ccc2ncccc2c1.c1ccccc1.c1ccncc1.c1cnc2nccnc2c1.c1cnccn1.c1ncncn1. The van der Waals surface area contributed by atoms with Crippen LogP contribution in [0.1, 0.15) is 24.0 Å². The van der Waals surface area contributed by atoms with E-state index < -0.39 is 0 Å². The molecule has 98 heavy (non-hydrogen) atoms. The summed E-state index contributed by atoms with van der Waals surface area (Å²) in [5.74, 6) is 0. The molecule has 7 aromatic heterocycles. The van der Waals surface area contributed by atoms with Crippen LogP contribution in [0.5, 0.6) is 0 Å². The van der Waals surface area contributed by atoms with Gasteiger partial charge in [0.25, 0.3) is 0 Å². The summed E-state index contributed by atoms with van der Waals surface area (Å²) in [4.78, 5) is 54.7. The molecule has 4 aliphatic rings. The van der Waals surface area contributed by atoms with Gasteiger partial charge in [0.15, 0.2) is 5.65 Å². The topological polar surface area (TPSA) is 179 Å². The Kier molecular flexibility index (Phi) is 32.6. The maximum atomic E-state index is 4.18. The highest BCUT2D eigenvalue weighted by Gasteiger charge is 2.01. The molecular weight excluding hydrogens is 1210 g/mol. The van der Waals surface area contributed by atoms with Crippen molar-refractivity contribution in [2.24, 2.45) is 9.98 Å². The fourth-order valence-electron chi connectivity index (χ4n) is 8.84. The summed E-state index contributed by atoms with van der Waals surface area (Å²) >= 11 is 0. The Morgan fingerprint density at radius 3 is 1.15 bits per heavy atom. The van der Waals surface area contributed by atoms with E-state index in [1.54, 1.807) is 68.2 Å². The van der Waals surface area contributed by atoms with E-state index in [0.717, 1.165) is 51.7 Å². The van der Waals surface area contributed by atoms with Crippen molar-refractivity contribution in [2.75, 3.05) is 6.67 Å². The fourth-order valence-corrected chi connectivity index (χ4v) is 8.84. The first-order valence-corrected chi connectivity index (χ1v) is 31.7. The molecule has 8 heterocycles. The van der Waals surface area contributed by atoms with E-state index in [1.165, 1.54) is 57.4 Å². The zero-order valence-electron chi connectivity index (χ0n) is 54.2. The Labute approximate surface area is 572 Å². The Morgan fingerprint density at radius 1 is 0.265 bits per heavy atom. The lowest BCUT2D eigenvalue weighted by Gasteiger charge is -1.98. The molecule has 1 aliphatic heterocycles. The normalized spacial score (nSPS) is 10.9. The number of hydrogen-bond donors (Lipinski definition) is 0. The summed E-state index contributed by atoms with van der Waals surface area (Å²) in [5, 5.41) is 7.92. The molecule has 480 valence electrons. The van der Waals surface area contributed by atoms with Crippen molar-refractivity contribution in [1.82, 2.24) is 59.8 Å². The summed E-state index contributed by atoms with van der Waals surface area (Å²) in [6.45, 7) is 0.610. The Hall–Kier alpha value is -13.2. The van der Waals surface area contributed by atoms with Gasteiger partial charge < -0.3 is 0 Å². The van der Waals surface area contributed by atoms with E-state index in [9.17, 15) is 0 Å². The number of benzene rings is 8. The van der Waals surface area contributed by atoms with Gasteiger partial charge in [0.2, 0.25) is 0 Å². The number of rotatable bonds is 1. The predicted molar refractivity (Wildman–Crippen MR) is 398 cm³/mol. The van der Waals surface area contributed by atoms with Gasteiger partial charge in [-0.25, -0.2) is 24.9 Å². The van der Waals surface area contributed by atoms with Crippen LogP contribution in [0.25, 0.3) is 62.2 Å². The number of nitrogens with zero attached hydrogens (tertiary/aromatic N) is 14. The predicted octanol–water partition coefficient (Wildman–Crippen LogP) is 15.7. The smallest absolute Gasteiger partial charge is 0.178 e. The minimum atomic E-state index is 0.610. The van der Waals surface area contributed by atoms with Gasteiger partial charge in [-0.3, -0.25) is 44.9 Å². The van der Waals surface area contributed by atoms with Gasteiger partial charge in [0, 0.05) is 79.7 Å². The molecule has 0 radical (unpaired) electrons. The molecule has 19 rings (SSSR count). The van der Waals surface area contributed by atoms with Crippen molar-refractivity contribution in [3.63, 3.8) is 0 Å². The third kappa shape index (κ3) is 27.9. The Balaban J connectivity index is 0.000000137. The van der Waals surface area contributed by atoms with Gasteiger partial charge in [-0.05, 0) is 101 Å². The fraction of sp³-hybridized carbons (Fsp3) is 0.0476. The maximum absolute atomic E-state index is 4.18. The minimum absolute atomic E-state index is 0.610. The van der Waals surface area contributed by atoms with Crippen LogP contribution in [0.15, 0.2) is 395 Å². The van der Waals surface area contributed by atoms with Crippen LogP contribution >= 0.6 is 0 Å². The molecule has 0 unspecified atom stereocenters. The molecule has 0 atom stereocenters. The quantitative estimate of drug-likeness (QED) is 0.152. The molecular formula is C84H74N14. The van der Waals surface area contributed by atoms with Gasteiger partial charge >= 0.3 is 0 Å². The number of fused-ring (bicyclic) bond motifs is 6. The second-order valence-corrected chi connectivity index (χ2v) is 20.4. The number of hydrogen-bond acceptors (Lipinski definition) is 14. The molecule has 0 amide bonds. The highest BCUT2D eigenvalue weighted by Crippen LogP contribution is 2.19. The largest absolute Gasteiger partial charge is 0.265 e. The first-order chi connectivity index (χ1) is 48.8. The van der Waals surface area contributed by atoms with E-state index in [-0.39, 0.29) is 0 Å². The van der Waals surface area contributed by atoms with Crippen LogP contribution in [0, 0.1) is 0 Å². The van der Waals surface area contributed by atoms with Crippen molar-refractivity contribution in [3.8, 4) is 11.1 Å². The number of para-hydroxylation sites is 3. The Bertz CT molecular complexity index is 4160. The molecule has 0 bridgehead atoms. The van der Waals surface area contributed by atoms with Gasteiger partial charge in [0.05, 0.1) is 26.9 Å². The summed E-state index contributed by atoms with van der Waals surface area (Å²) in [5.41, 5.74) is 7.99. The summed E-state index contributed by atoms with van der Waals surface area (Å²) < 4.78 is 0. The van der Waals surface area contributed by atoms with Crippen molar-refractivity contribution in [1.29, 1.82) is 0 Å². The molecule has 14 nitrogen and oxygen atoms in total. The minimum Gasteiger partial charge on any atom is -0.265 e. The standard InChI is InChI=1S/C12H10.C10H8.C9H7N.C9H8.C7H5N3.2C7H6N2.C6H6.C5H5N.C5H6.C4H4N2.C3H3N3/c1-3-7-11(8-4-1)12-9-5-2-6-10-12;1-2-6-10-8-4-3-7-9(10)5-1;1-2-6-9-8(4-1)5-3-7-10-9;1-2-5-9-7-3-6-8(9)4-1;1-2-6-7(9-3-1)10-5-4-8-6;1-2-6-7(3-1)9-5-4-8-6;1-2-4-7-6(3-1)8-5-9-7;2*1-2-4-6-5-3-1;1-2-4-5-3-1;1-2-6-4-3-5-1;1-4-2-6-3-5-1/h1-10H;1-8H;1-7H;1-6H,7H2;1-5H;2-5H,1H2;1-4H,5H2;1-6H;1-5H;1-4H,5H2;1-4H;1-3H. The van der Waals surface area contributed by atoms with E-state index in [4.69, 9.17) is 0 Å². The highest BCUT2D eigenvalue weighted by atomic mass is 15.0. The summed E-state index contributed by atoms with van der Waals surface area (Å²) in [7, 11) is 0. The van der Waals surface area contributed by atoms with Crippen molar-refractivity contribution >= 4 is 51.1 Å². The lowest BCUT2D eigenvalue weighted by atomic mass is 10.1. The van der Waals surface area contributed by atoms with E-state index in [2.05, 4.69) is 252 Å². The highest BCUT2D eigenvalue weighted by molar-refractivity contribution is 5.82. The van der Waals surface area contributed by atoms with Crippen molar-refractivity contribution < 1.29 is 0 Å². The summed E-state index contributed by atoms with van der Waals surface area (Å²) in [6, 6.07) is 87.4. The molecule has 0 saturated heterocycles. The average molecular weight is 1280 g/mol.